The van der Waals surface area contributed by atoms with Gasteiger partial charge in [0.1, 0.15) is 5.82 Å². The molecule has 212 valence electrons. The average molecular weight is 542 g/mol. The van der Waals surface area contributed by atoms with Crippen LogP contribution in [0.25, 0.3) is 22.0 Å². The molecule has 4 heterocycles. The van der Waals surface area contributed by atoms with Crippen LogP contribution in [0, 0.1) is 0 Å². The first-order valence-electron chi connectivity index (χ1n) is 14.5. The Morgan fingerprint density at radius 3 is 2.58 bits per heavy atom. The van der Waals surface area contributed by atoms with Crippen molar-refractivity contribution >= 4 is 22.6 Å². The van der Waals surface area contributed by atoms with Crippen molar-refractivity contribution in [3.63, 3.8) is 0 Å². The quantitative estimate of drug-likeness (QED) is 0.389. The number of amides is 1. The highest BCUT2D eigenvalue weighted by molar-refractivity contribution is 6.08. The lowest BCUT2D eigenvalue weighted by atomic mass is 9.99. The van der Waals surface area contributed by atoms with Crippen molar-refractivity contribution in [1.29, 1.82) is 0 Å². The molecule has 2 aliphatic rings. The van der Waals surface area contributed by atoms with Crippen LogP contribution in [-0.2, 0) is 0 Å². The van der Waals surface area contributed by atoms with E-state index in [-0.39, 0.29) is 18.0 Å². The Bertz CT molecular complexity index is 1430. The molecule has 8 heteroatoms. The summed E-state index contributed by atoms with van der Waals surface area (Å²) in [4.78, 5) is 23.3. The van der Waals surface area contributed by atoms with Gasteiger partial charge in [0.25, 0.3) is 5.91 Å². The first-order valence-corrected chi connectivity index (χ1v) is 14.5. The van der Waals surface area contributed by atoms with Gasteiger partial charge >= 0.3 is 0 Å². The van der Waals surface area contributed by atoms with E-state index in [1.807, 2.05) is 12.3 Å². The third kappa shape index (κ3) is 5.72. The molecule has 3 aromatic rings. The van der Waals surface area contributed by atoms with Crippen LogP contribution < -0.4 is 20.9 Å². The van der Waals surface area contributed by atoms with Gasteiger partial charge in [0.15, 0.2) is 0 Å². The summed E-state index contributed by atoms with van der Waals surface area (Å²) in [7, 11) is 2.16. The van der Waals surface area contributed by atoms with Gasteiger partial charge in [0, 0.05) is 97.2 Å². The second-order valence-corrected chi connectivity index (χ2v) is 11.3. The maximum atomic E-state index is 13.8. The number of nitrogens with zero attached hydrogens (tertiary/aromatic N) is 4. The minimum Gasteiger partial charge on any atom is -0.385 e. The number of dihydropyridines is 1. The second kappa shape index (κ2) is 11.8. The van der Waals surface area contributed by atoms with Gasteiger partial charge < -0.3 is 30.3 Å². The zero-order valence-corrected chi connectivity index (χ0v) is 24.7. The molecule has 2 aliphatic heterocycles. The maximum Gasteiger partial charge on any atom is 0.252 e. The van der Waals surface area contributed by atoms with Crippen molar-refractivity contribution in [2.24, 2.45) is 0 Å². The molecule has 1 unspecified atom stereocenters. The molecule has 1 atom stereocenters. The summed E-state index contributed by atoms with van der Waals surface area (Å²) in [5, 5.41) is 11.1. The van der Waals surface area contributed by atoms with Crippen LogP contribution in [0.4, 0.5) is 5.82 Å². The minimum absolute atomic E-state index is 0.0720. The molecule has 0 spiro atoms. The normalized spacial score (nSPS) is 18.2. The Hall–Kier alpha value is -3.78. The number of carbonyl (C=O) groups excluding carboxylic acids is 1. The molecule has 0 saturated carbocycles. The minimum atomic E-state index is -0.0720. The summed E-state index contributed by atoms with van der Waals surface area (Å²) in [5.41, 5.74) is 7.10. The molecule has 40 heavy (non-hydrogen) atoms. The summed E-state index contributed by atoms with van der Waals surface area (Å²) >= 11 is 0. The second-order valence-electron chi connectivity index (χ2n) is 11.3. The number of fused-ring (bicyclic) bond motifs is 1. The SMILES string of the molecule is CCNC1=C(CNC(=O)c2cc(-c3ccc(N4CCN(C)CC4)nc3)cc3c2ccn3C(C)C)C(C)NC(C)=C1. The third-order valence-electron chi connectivity index (χ3n) is 8.03. The Labute approximate surface area is 238 Å². The molecule has 1 fully saturated rings. The van der Waals surface area contributed by atoms with Crippen molar-refractivity contribution < 1.29 is 4.79 Å². The van der Waals surface area contributed by atoms with Crippen LogP contribution in [0.5, 0.6) is 0 Å². The van der Waals surface area contributed by atoms with Gasteiger partial charge in [-0.15, -0.1) is 0 Å². The Balaban J connectivity index is 1.46. The predicted molar refractivity (Wildman–Crippen MR) is 165 cm³/mol. The van der Waals surface area contributed by atoms with E-state index in [1.54, 1.807) is 0 Å². The summed E-state index contributed by atoms with van der Waals surface area (Å²) in [6, 6.07) is 10.9. The molecule has 0 bridgehead atoms. The monoisotopic (exact) mass is 541 g/mol. The molecule has 3 N–H and O–H groups in total. The number of anilines is 1. The number of hydrogen-bond donors (Lipinski definition) is 3. The number of piperazine rings is 1. The summed E-state index contributed by atoms with van der Waals surface area (Å²) in [5.74, 6) is 0.933. The highest BCUT2D eigenvalue weighted by Crippen LogP contribution is 2.31. The highest BCUT2D eigenvalue weighted by atomic mass is 16.1. The van der Waals surface area contributed by atoms with Crippen LogP contribution in [0.15, 0.2) is 65.8 Å². The first kappa shape index (κ1) is 27.8. The van der Waals surface area contributed by atoms with Crippen molar-refractivity contribution in [1.82, 2.24) is 30.4 Å². The van der Waals surface area contributed by atoms with Gasteiger partial charge in [-0.25, -0.2) is 4.98 Å². The number of carbonyl (C=O) groups is 1. The van der Waals surface area contributed by atoms with E-state index in [0.717, 1.165) is 77.5 Å². The standard InChI is InChI=1S/C32H43N7O/c1-7-33-29-16-22(4)36-23(5)28(29)20-35-32(40)27-17-25(18-30-26(27)10-11-39(30)21(2)3)24-8-9-31(34-19-24)38-14-12-37(6)13-15-38/h8-11,16-19,21,23,33,36H,7,12-15,20H2,1-6H3,(H,35,40). The number of rotatable bonds is 8. The van der Waals surface area contributed by atoms with Crippen LogP contribution in [0.2, 0.25) is 0 Å². The Morgan fingerprint density at radius 1 is 1.12 bits per heavy atom. The lowest BCUT2D eigenvalue weighted by molar-refractivity contribution is 0.0958. The number of hydrogen-bond acceptors (Lipinski definition) is 6. The first-order chi connectivity index (χ1) is 19.2. The topological polar surface area (TPSA) is 77.5 Å². The Kier molecular flexibility index (Phi) is 8.17. The molecule has 8 nitrogen and oxygen atoms in total. The van der Waals surface area contributed by atoms with E-state index in [2.05, 4.69) is 109 Å². The van der Waals surface area contributed by atoms with Crippen LogP contribution in [0.1, 0.15) is 51.0 Å². The van der Waals surface area contributed by atoms with Gasteiger partial charge in [0.2, 0.25) is 0 Å². The van der Waals surface area contributed by atoms with E-state index >= 15 is 0 Å². The number of allylic oxidation sites excluding steroid dienone is 2. The number of aromatic nitrogens is 2. The van der Waals surface area contributed by atoms with Gasteiger partial charge in [-0.1, -0.05) is 0 Å². The average Bonchev–Trinajstić information content (AvgIpc) is 3.37. The molecule has 0 aliphatic carbocycles. The predicted octanol–water partition coefficient (Wildman–Crippen LogP) is 4.52. The van der Waals surface area contributed by atoms with E-state index in [0.29, 0.717) is 12.1 Å². The largest absolute Gasteiger partial charge is 0.385 e. The number of likely N-dealkylation sites (N-methyl/N-ethyl adjacent to an activating group) is 2. The fraction of sp³-hybridized carbons (Fsp3) is 0.438. The van der Waals surface area contributed by atoms with E-state index in [9.17, 15) is 4.79 Å². The molecule has 1 saturated heterocycles. The Morgan fingerprint density at radius 2 is 1.90 bits per heavy atom. The van der Waals surface area contributed by atoms with E-state index < -0.39 is 0 Å². The summed E-state index contributed by atoms with van der Waals surface area (Å²) in [6.45, 7) is 16.0. The molecule has 0 radical (unpaired) electrons. The van der Waals surface area contributed by atoms with Gasteiger partial charge in [-0.2, -0.15) is 0 Å². The maximum absolute atomic E-state index is 13.8. The molecule has 1 aromatic carbocycles. The molecule has 5 rings (SSSR count). The van der Waals surface area contributed by atoms with Crippen molar-refractivity contribution in [3.8, 4) is 11.1 Å². The molecule has 2 aromatic heterocycles. The summed E-state index contributed by atoms with van der Waals surface area (Å²) in [6.07, 6.45) is 6.14. The van der Waals surface area contributed by atoms with Crippen LogP contribution in [-0.4, -0.2) is 72.7 Å². The zero-order valence-electron chi connectivity index (χ0n) is 24.7. The van der Waals surface area contributed by atoms with Crippen molar-refractivity contribution in [2.45, 2.75) is 46.7 Å². The van der Waals surface area contributed by atoms with Crippen molar-refractivity contribution in [2.75, 3.05) is 51.2 Å². The third-order valence-corrected chi connectivity index (χ3v) is 8.03. The van der Waals surface area contributed by atoms with Crippen LogP contribution in [0.3, 0.4) is 0 Å². The molecular weight excluding hydrogens is 498 g/mol. The number of benzene rings is 1. The lowest BCUT2D eigenvalue weighted by Crippen LogP contribution is -2.44. The lowest BCUT2D eigenvalue weighted by Gasteiger charge is -2.33. The molecule has 1 amide bonds. The molecular formula is C32H43N7O. The van der Waals surface area contributed by atoms with Gasteiger partial charge in [-0.05, 0) is 89.2 Å². The number of nitrogens with one attached hydrogen (secondary N) is 3. The zero-order chi connectivity index (χ0) is 28.4. The van der Waals surface area contributed by atoms with Gasteiger partial charge in [0.05, 0.1) is 0 Å². The van der Waals surface area contributed by atoms with Crippen molar-refractivity contribution in [3.05, 3.63) is 71.3 Å². The van der Waals surface area contributed by atoms with E-state index in [1.165, 1.54) is 0 Å². The van der Waals surface area contributed by atoms with E-state index in [4.69, 9.17) is 4.98 Å². The van der Waals surface area contributed by atoms with Crippen LogP contribution >= 0.6 is 0 Å². The fourth-order valence-corrected chi connectivity index (χ4v) is 5.73. The van der Waals surface area contributed by atoms with Gasteiger partial charge in [-0.3, -0.25) is 4.79 Å². The number of pyridine rings is 1. The smallest absolute Gasteiger partial charge is 0.252 e. The highest BCUT2D eigenvalue weighted by Gasteiger charge is 2.21. The fourth-order valence-electron chi connectivity index (χ4n) is 5.73. The summed E-state index contributed by atoms with van der Waals surface area (Å²) < 4.78 is 2.23.